The van der Waals surface area contributed by atoms with Gasteiger partial charge in [-0.1, -0.05) is 39.0 Å². The molecule has 0 saturated carbocycles. The van der Waals surface area contributed by atoms with Crippen molar-refractivity contribution in [2.24, 2.45) is 11.1 Å². The van der Waals surface area contributed by atoms with E-state index in [4.69, 9.17) is 15.9 Å². The first kappa shape index (κ1) is 14.6. The van der Waals surface area contributed by atoms with Crippen LogP contribution in [0.15, 0.2) is 24.3 Å². The molecule has 3 heteroatoms. The molecule has 0 aromatic heterocycles. The number of aryl methyl sites for hydroxylation is 1. The normalized spacial score (nSPS) is 11.3. The van der Waals surface area contributed by atoms with Crippen LogP contribution in [0.25, 0.3) is 0 Å². The predicted molar refractivity (Wildman–Crippen MR) is 76.2 cm³/mol. The van der Waals surface area contributed by atoms with Crippen molar-refractivity contribution in [2.45, 2.75) is 40.0 Å². The fraction of sp³-hybridized carbons (Fsp3) is 0.533. The summed E-state index contributed by atoms with van der Waals surface area (Å²) in [5.74, 6) is 1.22. The van der Waals surface area contributed by atoms with Crippen molar-refractivity contribution in [3.8, 4) is 5.75 Å². The van der Waals surface area contributed by atoms with E-state index in [1.807, 2.05) is 32.0 Å². The summed E-state index contributed by atoms with van der Waals surface area (Å²) >= 11 is 0. The summed E-state index contributed by atoms with van der Waals surface area (Å²) in [7, 11) is 0. The van der Waals surface area contributed by atoms with Gasteiger partial charge in [-0.2, -0.15) is 0 Å². The van der Waals surface area contributed by atoms with E-state index in [-0.39, 0.29) is 11.3 Å². The van der Waals surface area contributed by atoms with Crippen molar-refractivity contribution < 1.29 is 4.74 Å². The molecular formula is C15H24N2O. The number of nitrogens with two attached hydrogens (primary N) is 1. The Balaban J connectivity index is 2.41. The molecule has 0 bridgehead atoms. The third-order valence-electron chi connectivity index (χ3n) is 3.29. The molecule has 0 heterocycles. The van der Waals surface area contributed by atoms with Gasteiger partial charge in [0.05, 0.1) is 12.4 Å². The molecule has 0 aliphatic carbocycles. The predicted octanol–water partition coefficient (Wildman–Crippen LogP) is 3.37. The first-order chi connectivity index (χ1) is 8.47. The summed E-state index contributed by atoms with van der Waals surface area (Å²) in [5, 5.41) is 7.50. The average Bonchev–Trinajstić information content (AvgIpc) is 2.35. The van der Waals surface area contributed by atoms with Gasteiger partial charge in [-0.3, -0.25) is 5.41 Å². The lowest BCUT2D eigenvalue weighted by Crippen LogP contribution is -2.31. The molecule has 0 fully saturated rings. The van der Waals surface area contributed by atoms with Crippen molar-refractivity contribution in [3.63, 3.8) is 0 Å². The molecule has 0 atom stereocenters. The van der Waals surface area contributed by atoms with Crippen molar-refractivity contribution in [3.05, 3.63) is 29.8 Å². The van der Waals surface area contributed by atoms with Gasteiger partial charge in [0.15, 0.2) is 0 Å². The van der Waals surface area contributed by atoms with Gasteiger partial charge >= 0.3 is 0 Å². The van der Waals surface area contributed by atoms with Crippen LogP contribution in [0.4, 0.5) is 0 Å². The number of ether oxygens (including phenoxy) is 1. The Morgan fingerprint density at radius 3 is 2.61 bits per heavy atom. The van der Waals surface area contributed by atoms with E-state index < -0.39 is 0 Å². The number of amidine groups is 1. The molecule has 0 saturated heterocycles. The summed E-state index contributed by atoms with van der Waals surface area (Å²) < 4.78 is 5.79. The van der Waals surface area contributed by atoms with Crippen LogP contribution in [0.1, 0.15) is 39.2 Å². The molecule has 18 heavy (non-hydrogen) atoms. The molecule has 0 radical (unpaired) electrons. The number of hydrogen-bond donors (Lipinski definition) is 2. The van der Waals surface area contributed by atoms with Gasteiger partial charge in [-0.25, -0.2) is 0 Å². The van der Waals surface area contributed by atoms with Crippen LogP contribution in [0.5, 0.6) is 5.75 Å². The van der Waals surface area contributed by atoms with Crippen LogP contribution in [-0.4, -0.2) is 12.4 Å². The topological polar surface area (TPSA) is 59.1 Å². The molecule has 0 amide bonds. The SMILES string of the molecule is CCc1ccccc1OCCCC(C)(C)C(=N)N. The maximum atomic E-state index is 7.50. The maximum Gasteiger partial charge on any atom is 0.122 e. The number of hydrogen-bond acceptors (Lipinski definition) is 2. The highest BCUT2D eigenvalue weighted by Crippen LogP contribution is 2.23. The lowest BCUT2D eigenvalue weighted by Gasteiger charge is -2.22. The molecule has 0 spiro atoms. The van der Waals surface area contributed by atoms with Crippen molar-refractivity contribution >= 4 is 5.84 Å². The first-order valence-corrected chi connectivity index (χ1v) is 6.52. The molecule has 3 nitrogen and oxygen atoms in total. The molecule has 0 aliphatic heterocycles. The Morgan fingerprint density at radius 1 is 1.33 bits per heavy atom. The molecule has 100 valence electrons. The highest BCUT2D eigenvalue weighted by atomic mass is 16.5. The highest BCUT2D eigenvalue weighted by Gasteiger charge is 2.20. The zero-order valence-electron chi connectivity index (χ0n) is 11.6. The Labute approximate surface area is 110 Å². The fourth-order valence-electron chi connectivity index (χ4n) is 1.77. The minimum absolute atomic E-state index is 0.229. The highest BCUT2D eigenvalue weighted by molar-refractivity contribution is 5.82. The second-order valence-electron chi connectivity index (χ2n) is 5.21. The molecule has 0 aliphatic rings. The fourth-order valence-corrected chi connectivity index (χ4v) is 1.77. The maximum absolute atomic E-state index is 7.50. The second kappa shape index (κ2) is 6.43. The summed E-state index contributed by atoms with van der Waals surface area (Å²) in [6, 6.07) is 8.13. The largest absolute Gasteiger partial charge is 0.493 e. The summed E-state index contributed by atoms with van der Waals surface area (Å²) in [4.78, 5) is 0. The molecule has 3 N–H and O–H groups in total. The molecular weight excluding hydrogens is 224 g/mol. The van der Waals surface area contributed by atoms with E-state index in [9.17, 15) is 0 Å². The standard InChI is InChI=1S/C15H24N2O/c1-4-12-8-5-6-9-13(12)18-11-7-10-15(2,3)14(16)17/h5-6,8-9H,4,7,10-11H2,1-3H3,(H3,16,17). The third kappa shape index (κ3) is 4.06. The summed E-state index contributed by atoms with van der Waals surface area (Å²) in [6.07, 6.45) is 2.76. The minimum Gasteiger partial charge on any atom is -0.493 e. The molecule has 0 unspecified atom stereocenters. The van der Waals surface area contributed by atoms with Gasteiger partial charge in [0.25, 0.3) is 0 Å². The van der Waals surface area contributed by atoms with E-state index >= 15 is 0 Å². The van der Waals surface area contributed by atoms with E-state index in [1.165, 1.54) is 5.56 Å². The Morgan fingerprint density at radius 2 is 2.00 bits per heavy atom. The Hall–Kier alpha value is -1.51. The first-order valence-electron chi connectivity index (χ1n) is 6.52. The van der Waals surface area contributed by atoms with Crippen molar-refractivity contribution in [1.29, 1.82) is 5.41 Å². The summed E-state index contributed by atoms with van der Waals surface area (Å²) in [5.41, 5.74) is 6.56. The zero-order valence-corrected chi connectivity index (χ0v) is 11.6. The van der Waals surface area contributed by atoms with Crippen LogP contribution in [-0.2, 0) is 6.42 Å². The third-order valence-corrected chi connectivity index (χ3v) is 3.29. The van der Waals surface area contributed by atoms with Crippen molar-refractivity contribution in [2.75, 3.05) is 6.61 Å². The van der Waals surface area contributed by atoms with E-state index in [2.05, 4.69) is 13.0 Å². The van der Waals surface area contributed by atoms with Crippen LogP contribution in [0.2, 0.25) is 0 Å². The van der Waals surface area contributed by atoms with E-state index in [0.29, 0.717) is 6.61 Å². The van der Waals surface area contributed by atoms with Gasteiger partial charge in [-0.05, 0) is 30.9 Å². The van der Waals surface area contributed by atoms with Gasteiger partial charge in [-0.15, -0.1) is 0 Å². The summed E-state index contributed by atoms with van der Waals surface area (Å²) in [6.45, 7) is 6.79. The lowest BCUT2D eigenvalue weighted by molar-refractivity contribution is 0.284. The Bertz CT molecular complexity index is 399. The van der Waals surface area contributed by atoms with Crippen LogP contribution in [0, 0.1) is 10.8 Å². The smallest absolute Gasteiger partial charge is 0.122 e. The van der Waals surface area contributed by atoms with Gasteiger partial charge in [0.1, 0.15) is 5.75 Å². The monoisotopic (exact) mass is 248 g/mol. The number of nitrogens with one attached hydrogen (secondary N) is 1. The minimum atomic E-state index is -0.229. The van der Waals surface area contributed by atoms with Gasteiger partial charge in [0, 0.05) is 5.41 Å². The van der Waals surface area contributed by atoms with E-state index in [1.54, 1.807) is 0 Å². The number of benzene rings is 1. The van der Waals surface area contributed by atoms with Gasteiger partial charge < -0.3 is 10.5 Å². The van der Waals surface area contributed by atoms with Crippen LogP contribution >= 0.6 is 0 Å². The quantitative estimate of drug-likeness (QED) is 0.441. The number of rotatable bonds is 7. The number of para-hydroxylation sites is 1. The average molecular weight is 248 g/mol. The van der Waals surface area contributed by atoms with E-state index in [0.717, 1.165) is 25.0 Å². The van der Waals surface area contributed by atoms with Crippen molar-refractivity contribution in [1.82, 2.24) is 0 Å². The van der Waals surface area contributed by atoms with Crippen LogP contribution in [0.3, 0.4) is 0 Å². The Kier molecular flexibility index (Phi) is 5.20. The van der Waals surface area contributed by atoms with Gasteiger partial charge in [0.2, 0.25) is 0 Å². The zero-order chi connectivity index (χ0) is 13.6. The molecule has 1 aromatic carbocycles. The lowest BCUT2D eigenvalue weighted by atomic mass is 9.87. The van der Waals surface area contributed by atoms with Crippen LogP contribution < -0.4 is 10.5 Å². The molecule has 1 rings (SSSR count). The molecule has 1 aromatic rings. The second-order valence-corrected chi connectivity index (χ2v) is 5.21.